The quantitative estimate of drug-likeness (QED) is 0.0297. The van der Waals surface area contributed by atoms with Gasteiger partial charge in [0.1, 0.15) is 24.4 Å². The van der Waals surface area contributed by atoms with Crippen LogP contribution >= 0.6 is 0 Å². The molecule has 0 aromatic heterocycles. The number of hydrogen-bond donors (Lipinski definition) is 10. The molecule has 22 heteroatoms. The number of ketones is 4. The number of ether oxygens (including phenoxy) is 4. The van der Waals surface area contributed by atoms with Crippen LogP contribution in [0, 0.1) is 148 Å². The minimum absolute atomic E-state index is 0.00131. The van der Waals surface area contributed by atoms with Crippen molar-refractivity contribution in [1.82, 2.24) is 0 Å². The Morgan fingerprint density at radius 3 is 0.893 bits per heavy atom. The lowest BCUT2D eigenvalue weighted by molar-refractivity contribution is -0.241. The lowest BCUT2D eigenvalue weighted by Gasteiger charge is -2.71. The van der Waals surface area contributed by atoms with E-state index in [0.717, 1.165) is 147 Å². The third kappa shape index (κ3) is 20.1. The van der Waals surface area contributed by atoms with E-state index in [1.54, 1.807) is 27.7 Å². The summed E-state index contributed by atoms with van der Waals surface area (Å²) in [5.74, 6) is 0.0405. The van der Waals surface area contributed by atoms with Crippen molar-refractivity contribution < 1.29 is 93.0 Å². The minimum Gasteiger partial charge on any atom is -0.458 e. The summed E-state index contributed by atoms with van der Waals surface area (Å²) in [7, 11) is 0. The van der Waals surface area contributed by atoms with Crippen molar-refractivity contribution in [3.63, 3.8) is 0 Å². The lowest BCUT2D eigenvalue weighted by atomic mass is 9.34. The number of carbonyl (C=O) groups is 8. The number of esters is 4. The van der Waals surface area contributed by atoms with E-state index >= 15 is 0 Å². The second-order valence-electron chi connectivity index (χ2n) is 55.2. The molecule has 13 N–H and O–H groups in total. The maximum atomic E-state index is 13.0. The van der Waals surface area contributed by atoms with E-state index in [1.165, 1.54) is 27.7 Å². The smallest absolute Gasteiger partial charge is 0.303 e. The van der Waals surface area contributed by atoms with Gasteiger partial charge in [-0.15, -0.1) is 0 Å². The number of carbonyl (C=O) groups excluding carboxylic acids is 8. The molecule has 40 atom stereocenters. The second kappa shape index (κ2) is 43.4. The van der Waals surface area contributed by atoms with Crippen LogP contribution in [0.3, 0.4) is 0 Å². The van der Waals surface area contributed by atoms with Crippen molar-refractivity contribution in [3.05, 3.63) is 140 Å². The van der Waals surface area contributed by atoms with Crippen LogP contribution in [0.25, 0.3) is 0 Å². The van der Waals surface area contributed by atoms with Gasteiger partial charge >= 0.3 is 23.9 Å². The Morgan fingerprint density at radius 1 is 0.300 bits per heavy atom. The highest BCUT2D eigenvalue weighted by molar-refractivity contribution is 5.99. The molecule has 0 aliphatic heterocycles. The molecule has 0 bridgehead atoms. The summed E-state index contributed by atoms with van der Waals surface area (Å²) >= 11 is 0. The summed E-state index contributed by atoms with van der Waals surface area (Å²) in [5.41, 5.74) is 28.2. The summed E-state index contributed by atoms with van der Waals surface area (Å²) < 4.78 is 23.8. The van der Waals surface area contributed by atoms with Crippen molar-refractivity contribution in [2.75, 3.05) is 0 Å². The zero-order valence-corrected chi connectivity index (χ0v) is 97.7. The van der Waals surface area contributed by atoms with Crippen LogP contribution < -0.4 is 17.2 Å². The van der Waals surface area contributed by atoms with E-state index in [0.29, 0.717) is 91.4 Å². The van der Waals surface area contributed by atoms with Crippen LogP contribution in [-0.4, -0.2) is 167 Å². The van der Waals surface area contributed by atoms with E-state index in [2.05, 4.69) is 104 Å². The maximum absolute atomic E-state index is 13.0. The summed E-state index contributed by atoms with van der Waals surface area (Å²) in [6, 6.07) is -0.0145. The molecule has 0 amide bonds. The molecule has 16 aliphatic rings. The van der Waals surface area contributed by atoms with E-state index in [-0.39, 0.29) is 195 Å². The first-order chi connectivity index (χ1) is 69.4. The SMILES string of the molecule is CC(=O)O[C@H]1C[C@@]2(C)C(C[C@@H](N)[C@H]3[C@@]4(C)CC[C@@H](O)[C@@H](C)[C@@H]4CC[C@@]32C)/C1=C(\C=C/C=C(C)C)C(C)=O.CC(=O)O[C@H]1C[C@@]2(C)C(C[C@@H](O)[C@H]3[C@@]4(C)CC[C@@H](O)[C@@H](C)[C@@H]4CC[C@@]32C)/C1=C(\C=C/C=C(C)C)C(C)=O.CC(=O)O[C@H]1C[C@@]2(C)[C@@H](C[C@@H](O)[C@@H]3[C@]2(C)CC[C@@]2(N)[C@H](C)[C@H](O)CC[C@]32C)/C1=C(\C=C/C=C(C)C)C(C)=O.CC(=O)O[C@H]1C[C@@]2(C)[C@@H](C[C@@H](O)[C@H]3[C@@]4(C)CC[C@@H](O)[C@](C)(N)[C@@H]4CC[C@@]32C)/C1=C(\C=C/C=C(C)C)C(C)=O. The van der Waals surface area contributed by atoms with E-state index < -0.39 is 66.0 Å². The van der Waals surface area contributed by atoms with Crippen molar-refractivity contribution in [2.45, 2.75) is 460 Å². The predicted octanol–water partition coefficient (Wildman–Crippen LogP) is 21.9. The maximum Gasteiger partial charge on any atom is 0.303 e. The Labute approximate surface area is 899 Å². The van der Waals surface area contributed by atoms with Gasteiger partial charge in [0.25, 0.3) is 0 Å². The normalized spacial score (nSPS) is 47.0. The number of Topliss-reactive ketones (excluding diaryl/α,β-unsaturated/α-hetero) is 4. The van der Waals surface area contributed by atoms with E-state index in [9.17, 15) is 74.1 Å². The van der Waals surface area contributed by atoms with Gasteiger partial charge in [-0.1, -0.05) is 199 Å². The zero-order valence-electron chi connectivity index (χ0n) is 97.7. The Hall–Kier alpha value is -6.96. The minimum atomic E-state index is -0.704. The summed E-state index contributed by atoms with van der Waals surface area (Å²) in [6.45, 7) is 64.6. The third-order valence-corrected chi connectivity index (χ3v) is 46.2. The molecule has 16 rings (SSSR count). The summed E-state index contributed by atoms with van der Waals surface area (Å²) in [5, 5.41) is 78.8. The van der Waals surface area contributed by atoms with Gasteiger partial charge in [-0.05, 0) is 408 Å². The predicted molar refractivity (Wildman–Crippen MR) is 591 cm³/mol. The molecular weight excluding hydrogens is 1880 g/mol. The molecule has 0 heterocycles. The van der Waals surface area contributed by atoms with Gasteiger partial charge < -0.3 is 71.9 Å². The van der Waals surface area contributed by atoms with Gasteiger partial charge in [0.05, 0.1) is 42.7 Å². The molecule has 0 aromatic rings. The van der Waals surface area contributed by atoms with Crippen LogP contribution in [0.4, 0.5) is 0 Å². The zero-order chi connectivity index (χ0) is 112. The van der Waals surface area contributed by atoms with E-state index in [1.807, 2.05) is 135 Å². The van der Waals surface area contributed by atoms with Gasteiger partial charge in [-0.2, -0.15) is 0 Å². The van der Waals surface area contributed by atoms with Crippen LogP contribution in [-0.2, 0) is 57.3 Å². The molecule has 16 aliphatic carbocycles. The van der Waals surface area contributed by atoms with Crippen LogP contribution in [0.1, 0.15) is 376 Å². The molecule has 836 valence electrons. The third-order valence-electron chi connectivity index (χ3n) is 46.2. The Balaban J connectivity index is 0.000000167. The number of aliphatic hydroxyl groups excluding tert-OH is 7. The molecule has 0 aromatic carbocycles. The summed E-state index contributed by atoms with van der Waals surface area (Å²) in [4.78, 5) is 101. The van der Waals surface area contributed by atoms with Gasteiger partial charge in [-0.25, -0.2) is 0 Å². The molecule has 0 saturated heterocycles. The van der Waals surface area contributed by atoms with Crippen molar-refractivity contribution >= 4 is 47.0 Å². The highest BCUT2D eigenvalue weighted by Gasteiger charge is 2.78. The Bertz CT molecular complexity index is 5420. The van der Waals surface area contributed by atoms with Gasteiger partial charge in [0.2, 0.25) is 0 Å². The van der Waals surface area contributed by atoms with Crippen molar-refractivity contribution in [3.8, 4) is 0 Å². The fourth-order valence-corrected chi connectivity index (χ4v) is 38.7. The molecule has 2 unspecified atom stereocenters. The number of fused-ring (bicyclic) bond motifs is 20. The fraction of sp³-hybridized carbons (Fsp3) is 0.750. The van der Waals surface area contributed by atoms with Crippen molar-refractivity contribution in [1.29, 1.82) is 0 Å². The number of rotatable bonds is 16. The van der Waals surface area contributed by atoms with Gasteiger partial charge in [0, 0.05) is 73.0 Å². The van der Waals surface area contributed by atoms with Gasteiger partial charge in [0.15, 0.2) is 23.1 Å². The number of aliphatic hydroxyl groups is 7. The van der Waals surface area contributed by atoms with Crippen molar-refractivity contribution in [2.24, 2.45) is 165 Å². The molecule has 0 spiro atoms. The molecule has 150 heavy (non-hydrogen) atoms. The first-order valence-electron chi connectivity index (χ1n) is 57.4. The van der Waals surface area contributed by atoms with Crippen LogP contribution in [0.5, 0.6) is 0 Å². The standard InChI is InChI=1S/2C32H49NO5.C32H49NO4.C32H48O5/c1-18(2)10-9-11-21(19(3)34)27-22-16-23(36)28-29(5)14-13-26(37)32(8,33)25(29)12-15-30(28,6)31(22,7)17-24(27)38-20(4)35;1-18(2)10-9-11-22(20(4)34)27-23-16-25(37)28-29(6,31(23,8)17-26(27)38-21(5)35)14-15-32(33)19(3)24(36)12-13-30(28,32)7;1-18(2)10-9-11-22(20(4)34)28-24-16-25(33)29-30(6)14-13-26(36)19(3)23(30)12-15-31(29,7)32(24,8)17-27(28)37-21(5)35;1-18(2)10-9-11-22(20(4)33)28-24-16-26(36)29-30(6)14-13-25(35)19(3)23(30)12-15-31(29,7)32(24,8)17-27(28)37-21(5)34/h9-11,22-26,28,36-37H,12-17,33H2,1-8H3;9-11,19,23-26,28,36-37H,12-17,33H2,1-8H3;9-11,19,23-27,29,36H,12-17,33H2,1-8H3;9-11,19,23-27,29,35-36H,12-17H2,1-8H3/b11-9-,27-21-;11-9-,27-22-;2*11-9-,28-22-/t22-,23+,24-,25+,26+,28-,29-,30-,31-,32+;19-,23+,24-,25-,26+,28-,29+,30-,31+,32-;2*19-,23-,24?,25+,26+,27-,29-,30-,31-,32-/m0100/s1. The largest absolute Gasteiger partial charge is 0.458 e. The average Bonchev–Trinajstić information content (AvgIpc) is 1.37. The summed E-state index contributed by atoms with van der Waals surface area (Å²) in [6.07, 6.45) is 36.8. The Kier molecular flexibility index (Phi) is 34.8. The van der Waals surface area contributed by atoms with Gasteiger partial charge in [-0.3, -0.25) is 38.4 Å². The highest BCUT2D eigenvalue weighted by Crippen LogP contribution is 2.81. The molecular formula is C128H195N3O19. The van der Waals surface area contributed by atoms with Crippen LogP contribution in [0.15, 0.2) is 140 Å². The molecule has 22 nitrogen and oxygen atoms in total. The molecule has 0 radical (unpaired) electrons. The van der Waals surface area contributed by atoms with E-state index in [4.69, 9.17) is 36.1 Å². The molecule has 16 fully saturated rings. The average molecular weight is 2080 g/mol. The first-order valence-corrected chi connectivity index (χ1v) is 57.4. The first kappa shape index (κ1) is 120. The topological polar surface area (TPSA) is 393 Å². The Morgan fingerprint density at radius 2 is 0.573 bits per heavy atom. The van der Waals surface area contributed by atoms with Crippen LogP contribution in [0.2, 0.25) is 0 Å². The number of nitrogens with two attached hydrogens (primary N) is 3. The molecule has 16 saturated carbocycles. The highest BCUT2D eigenvalue weighted by atomic mass is 16.6. The number of allylic oxidation sites excluding steroid dienone is 20. The second-order valence-corrected chi connectivity index (χ2v) is 55.2. The number of hydrogen-bond acceptors (Lipinski definition) is 22. The lowest BCUT2D eigenvalue weighted by Crippen LogP contribution is -2.75. The fourth-order valence-electron chi connectivity index (χ4n) is 38.7. The monoisotopic (exact) mass is 2080 g/mol.